The number of rotatable bonds is 8. The molecule has 6 heteroatoms. The van der Waals surface area contributed by atoms with Gasteiger partial charge >= 0.3 is 0 Å². The van der Waals surface area contributed by atoms with E-state index < -0.39 is 0 Å². The van der Waals surface area contributed by atoms with Crippen LogP contribution in [0.25, 0.3) is 0 Å². The van der Waals surface area contributed by atoms with E-state index in [0.29, 0.717) is 12.5 Å². The lowest BCUT2D eigenvalue weighted by Crippen LogP contribution is -2.39. The van der Waals surface area contributed by atoms with Crippen LogP contribution in [0.4, 0.5) is 0 Å². The summed E-state index contributed by atoms with van der Waals surface area (Å²) in [5.41, 5.74) is 0. The van der Waals surface area contributed by atoms with Gasteiger partial charge in [0.2, 0.25) is 5.91 Å². The summed E-state index contributed by atoms with van der Waals surface area (Å²) < 4.78 is 1.75. The second-order valence-corrected chi connectivity index (χ2v) is 5.88. The van der Waals surface area contributed by atoms with Crippen LogP contribution >= 0.6 is 0 Å². The molecular weight excluding hydrogens is 266 g/mol. The summed E-state index contributed by atoms with van der Waals surface area (Å²) in [6.07, 6.45) is 11.2. The second kappa shape index (κ2) is 8.77. The van der Waals surface area contributed by atoms with Crippen molar-refractivity contribution in [2.24, 2.45) is 0 Å². The molecule has 1 N–H and O–H groups in total. The predicted octanol–water partition coefficient (Wildman–Crippen LogP) is 1.44. The number of hydrogen-bond donors (Lipinski definition) is 1. The average Bonchev–Trinajstić information content (AvgIpc) is 3.01. The van der Waals surface area contributed by atoms with Crippen LogP contribution in [0.5, 0.6) is 0 Å². The minimum atomic E-state index is 0.132. The van der Waals surface area contributed by atoms with E-state index in [1.165, 1.54) is 38.4 Å². The van der Waals surface area contributed by atoms with Crippen molar-refractivity contribution in [3.8, 4) is 0 Å². The molecule has 1 saturated carbocycles. The number of nitrogens with one attached hydrogen (secondary N) is 1. The highest BCUT2D eigenvalue weighted by Gasteiger charge is 2.17. The van der Waals surface area contributed by atoms with Crippen LogP contribution in [0.1, 0.15) is 44.9 Å². The number of carbonyl (C=O) groups excluding carboxylic acids is 1. The number of hydrogen-bond acceptors (Lipinski definition) is 4. The summed E-state index contributed by atoms with van der Waals surface area (Å²) in [6.45, 7) is 2.43. The number of likely N-dealkylation sites (N-methyl/N-ethyl adjacent to an activating group) is 1. The largest absolute Gasteiger partial charge is 0.355 e. The van der Waals surface area contributed by atoms with Crippen LogP contribution in [-0.2, 0) is 11.3 Å². The number of aryl methyl sites for hydroxylation is 1. The van der Waals surface area contributed by atoms with Gasteiger partial charge in [-0.15, -0.1) is 0 Å². The molecular formula is C15H27N5O. The Morgan fingerprint density at radius 3 is 2.90 bits per heavy atom. The van der Waals surface area contributed by atoms with Gasteiger partial charge in [0.15, 0.2) is 0 Å². The van der Waals surface area contributed by atoms with Gasteiger partial charge in [-0.25, -0.2) is 4.98 Å². The quantitative estimate of drug-likeness (QED) is 0.788. The van der Waals surface area contributed by atoms with E-state index >= 15 is 0 Å². The molecule has 2 rings (SSSR count). The van der Waals surface area contributed by atoms with Crippen LogP contribution in [0, 0.1) is 0 Å². The number of nitrogens with zero attached hydrogens (tertiary/aromatic N) is 4. The molecule has 0 aliphatic heterocycles. The third-order valence-electron chi connectivity index (χ3n) is 4.24. The van der Waals surface area contributed by atoms with Crippen molar-refractivity contribution in [1.29, 1.82) is 0 Å². The SMILES string of the molecule is CN(CCNC(=O)CCCn1cncn1)C1CCCCC1. The molecule has 1 aromatic heterocycles. The fraction of sp³-hybridized carbons (Fsp3) is 0.800. The zero-order valence-corrected chi connectivity index (χ0v) is 13.0. The Hall–Kier alpha value is -1.43. The Morgan fingerprint density at radius 2 is 2.19 bits per heavy atom. The molecule has 0 saturated heterocycles. The summed E-state index contributed by atoms with van der Waals surface area (Å²) >= 11 is 0. The molecule has 0 bridgehead atoms. The van der Waals surface area contributed by atoms with Crippen LogP contribution in [-0.4, -0.2) is 51.8 Å². The van der Waals surface area contributed by atoms with E-state index in [0.717, 1.165) is 26.1 Å². The van der Waals surface area contributed by atoms with E-state index in [1.807, 2.05) is 0 Å². The van der Waals surface area contributed by atoms with E-state index in [2.05, 4.69) is 27.3 Å². The van der Waals surface area contributed by atoms with Gasteiger partial charge in [-0.1, -0.05) is 19.3 Å². The molecule has 1 aliphatic carbocycles. The van der Waals surface area contributed by atoms with E-state index in [1.54, 1.807) is 11.0 Å². The van der Waals surface area contributed by atoms with Crippen molar-refractivity contribution in [3.63, 3.8) is 0 Å². The first-order chi connectivity index (χ1) is 10.3. The van der Waals surface area contributed by atoms with Gasteiger partial charge in [-0.2, -0.15) is 5.10 Å². The summed E-state index contributed by atoms with van der Waals surface area (Å²) in [6, 6.07) is 0.711. The Balaban J connectivity index is 1.52. The molecule has 118 valence electrons. The molecule has 1 heterocycles. The molecule has 1 aliphatic rings. The van der Waals surface area contributed by atoms with Gasteiger partial charge in [0.05, 0.1) is 0 Å². The summed E-state index contributed by atoms with van der Waals surface area (Å²) in [5.74, 6) is 0.132. The molecule has 21 heavy (non-hydrogen) atoms. The molecule has 0 aromatic carbocycles. The predicted molar refractivity (Wildman–Crippen MR) is 81.8 cm³/mol. The monoisotopic (exact) mass is 293 g/mol. The molecule has 1 aromatic rings. The highest BCUT2D eigenvalue weighted by atomic mass is 16.1. The van der Waals surface area contributed by atoms with Crippen LogP contribution in [0.2, 0.25) is 0 Å². The molecule has 0 spiro atoms. The Kier molecular flexibility index (Phi) is 6.66. The minimum absolute atomic E-state index is 0.132. The topological polar surface area (TPSA) is 63.1 Å². The van der Waals surface area contributed by atoms with Crippen molar-refractivity contribution in [3.05, 3.63) is 12.7 Å². The summed E-state index contributed by atoms with van der Waals surface area (Å²) in [4.78, 5) is 18.0. The van der Waals surface area contributed by atoms with Crippen molar-refractivity contribution in [2.75, 3.05) is 20.1 Å². The second-order valence-electron chi connectivity index (χ2n) is 5.88. The first-order valence-electron chi connectivity index (χ1n) is 8.05. The fourth-order valence-corrected chi connectivity index (χ4v) is 2.91. The molecule has 1 amide bonds. The van der Waals surface area contributed by atoms with Gasteiger partial charge in [0.25, 0.3) is 0 Å². The highest BCUT2D eigenvalue weighted by molar-refractivity contribution is 5.75. The minimum Gasteiger partial charge on any atom is -0.355 e. The molecule has 6 nitrogen and oxygen atoms in total. The molecule has 0 atom stereocenters. The smallest absolute Gasteiger partial charge is 0.220 e. The van der Waals surface area contributed by atoms with Crippen LogP contribution < -0.4 is 5.32 Å². The summed E-state index contributed by atoms with van der Waals surface area (Å²) in [7, 11) is 2.17. The van der Waals surface area contributed by atoms with Crippen LogP contribution in [0.3, 0.4) is 0 Å². The van der Waals surface area contributed by atoms with Crippen molar-refractivity contribution in [1.82, 2.24) is 25.0 Å². The van der Waals surface area contributed by atoms with Gasteiger partial charge in [0, 0.05) is 32.1 Å². The van der Waals surface area contributed by atoms with E-state index in [4.69, 9.17) is 0 Å². The number of amides is 1. The van der Waals surface area contributed by atoms with Gasteiger partial charge < -0.3 is 10.2 Å². The standard InChI is InChI=1S/C15H27N5O/c1-19(14-6-3-2-4-7-14)11-9-17-15(21)8-5-10-20-13-16-12-18-20/h12-14H,2-11H2,1H3,(H,17,21). The normalized spacial score (nSPS) is 16.3. The van der Waals surface area contributed by atoms with Gasteiger partial charge in [0.1, 0.15) is 12.7 Å². The maximum atomic E-state index is 11.8. The van der Waals surface area contributed by atoms with Gasteiger partial charge in [-0.3, -0.25) is 9.48 Å². The molecule has 0 radical (unpaired) electrons. The first kappa shape index (κ1) is 15.9. The third-order valence-corrected chi connectivity index (χ3v) is 4.24. The van der Waals surface area contributed by atoms with E-state index in [-0.39, 0.29) is 5.91 Å². The lowest BCUT2D eigenvalue weighted by molar-refractivity contribution is -0.121. The lowest BCUT2D eigenvalue weighted by Gasteiger charge is -2.31. The third kappa shape index (κ3) is 5.83. The highest BCUT2D eigenvalue weighted by Crippen LogP contribution is 2.21. The Morgan fingerprint density at radius 1 is 1.38 bits per heavy atom. The Bertz CT molecular complexity index is 400. The van der Waals surface area contributed by atoms with Crippen molar-refractivity contribution >= 4 is 5.91 Å². The number of carbonyl (C=O) groups is 1. The lowest BCUT2D eigenvalue weighted by atomic mass is 9.94. The van der Waals surface area contributed by atoms with E-state index in [9.17, 15) is 4.79 Å². The maximum absolute atomic E-state index is 11.8. The molecule has 1 fully saturated rings. The summed E-state index contributed by atoms with van der Waals surface area (Å²) in [5, 5.41) is 7.02. The zero-order valence-electron chi connectivity index (χ0n) is 13.0. The number of aromatic nitrogens is 3. The molecule has 0 unspecified atom stereocenters. The van der Waals surface area contributed by atoms with Crippen molar-refractivity contribution < 1.29 is 4.79 Å². The van der Waals surface area contributed by atoms with Gasteiger partial charge in [-0.05, 0) is 26.3 Å². The average molecular weight is 293 g/mol. The maximum Gasteiger partial charge on any atom is 0.220 e. The van der Waals surface area contributed by atoms with Crippen LogP contribution in [0.15, 0.2) is 12.7 Å². The Labute approximate surface area is 126 Å². The zero-order chi connectivity index (χ0) is 14.9. The van der Waals surface area contributed by atoms with Crippen molar-refractivity contribution in [2.45, 2.75) is 57.5 Å². The fourth-order valence-electron chi connectivity index (χ4n) is 2.91. The first-order valence-corrected chi connectivity index (χ1v) is 8.05.